The normalized spacial score (nSPS) is 37.6. The van der Waals surface area contributed by atoms with Crippen molar-refractivity contribution in [2.75, 3.05) is 13.1 Å². The minimum atomic E-state index is -0.721. The van der Waals surface area contributed by atoms with Crippen molar-refractivity contribution in [3.05, 3.63) is 0 Å². The fourth-order valence-electron chi connectivity index (χ4n) is 4.74. The molecule has 0 aliphatic heterocycles. The number of nitrogens with one attached hydrogen (secondary N) is 2. The lowest BCUT2D eigenvalue weighted by Crippen LogP contribution is -2.42. The molecule has 0 aromatic heterocycles. The van der Waals surface area contributed by atoms with E-state index >= 15 is 0 Å². The van der Waals surface area contributed by atoms with E-state index in [9.17, 15) is 9.59 Å². The maximum atomic E-state index is 11.9. The lowest BCUT2D eigenvalue weighted by molar-refractivity contribution is -0.142. The molecule has 21 heavy (non-hydrogen) atoms. The molecule has 0 aromatic rings. The smallest absolute Gasteiger partial charge is 0.314 e. The van der Waals surface area contributed by atoms with Crippen LogP contribution in [0.5, 0.6) is 0 Å². The van der Waals surface area contributed by atoms with E-state index in [0.717, 1.165) is 37.6 Å². The van der Waals surface area contributed by atoms with Gasteiger partial charge in [0.15, 0.2) is 0 Å². The highest BCUT2D eigenvalue weighted by Crippen LogP contribution is 2.47. The minimum Gasteiger partial charge on any atom is -0.481 e. The van der Waals surface area contributed by atoms with Crippen LogP contribution in [0.4, 0.5) is 4.79 Å². The van der Waals surface area contributed by atoms with Gasteiger partial charge in [0.1, 0.15) is 0 Å². The largest absolute Gasteiger partial charge is 0.481 e. The van der Waals surface area contributed by atoms with Crippen molar-refractivity contribution < 1.29 is 14.7 Å². The number of carboxylic acid groups (broad SMARTS) is 1. The first kappa shape index (κ1) is 14.7. The molecule has 3 saturated carbocycles. The molecule has 5 unspecified atom stereocenters. The predicted octanol–water partition coefficient (Wildman–Crippen LogP) is 2.22. The standard InChI is InChI=1S/C16H26N2O3/c19-15(20)14-3-1-2-12(14)8-17-16(21)18-9-13-7-10-4-5-11(13)6-10/h10-14H,1-9H2,(H,19,20)(H2,17,18,21). The molecule has 3 aliphatic carbocycles. The summed E-state index contributed by atoms with van der Waals surface area (Å²) in [5, 5.41) is 15.0. The summed E-state index contributed by atoms with van der Waals surface area (Å²) in [6, 6.07) is -0.131. The average molecular weight is 294 g/mol. The second-order valence-electron chi connectivity index (χ2n) is 7.16. The molecule has 118 valence electrons. The minimum absolute atomic E-state index is 0.0933. The molecule has 5 atom stereocenters. The van der Waals surface area contributed by atoms with Gasteiger partial charge in [-0.15, -0.1) is 0 Å². The van der Waals surface area contributed by atoms with Gasteiger partial charge in [0.25, 0.3) is 0 Å². The van der Waals surface area contributed by atoms with Gasteiger partial charge in [0.2, 0.25) is 0 Å². The molecule has 0 saturated heterocycles. The van der Waals surface area contributed by atoms with Crippen molar-refractivity contribution in [1.82, 2.24) is 10.6 Å². The van der Waals surface area contributed by atoms with Crippen LogP contribution in [0.15, 0.2) is 0 Å². The Morgan fingerprint density at radius 1 is 0.952 bits per heavy atom. The quantitative estimate of drug-likeness (QED) is 0.727. The molecule has 2 amide bonds. The molecular weight excluding hydrogens is 268 g/mol. The average Bonchev–Trinajstić information content (AvgIpc) is 3.17. The van der Waals surface area contributed by atoms with Gasteiger partial charge in [0, 0.05) is 13.1 Å². The maximum absolute atomic E-state index is 11.9. The lowest BCUT2D eigenvalue weighted by atomic mass is 9.89. The van der Waals surface area contributed by atoms with E-state index in [0.29, 0.717) is 12.5 Å². The number of carboxylic acids is 1. The van der Waals surface area contributed by atoms with E-state index in [1.807, 2.05) is 0 Å². The number of amides is 2. The van der Waals surface area contributed by atoms with E-state index in [4.69, 9.17) is 5.11 Å². The second kappa shape index (κ2) is 6.24. The molecule has 2 bridgehead atoms. The van der Waals surface area contributed by atoms with E-state index in [1.165, 1.54) is 25.7 Å². The molecule has 0 spiro atoms. The van der Waals surface area contributed by atoms with Crippen LogP contribution in [-0.2, 0) is 4.79 Å². The van der Waals surface area contributed by atoms with Crippen LogP contribution >= 0.6 is 0 Å². The van der Waals surface area contributed by atoms with Gasteiger partial charge >= 0.3 is 12.0 Å². The van der Waals surface area contributed by atoms with Crippen LogP contribution in [0.1, 0.15) is 44.9 Å². The van der Waals surface area contributed by atoms with Crippen molar-refractivity contribution in [2.24, 2.45) is 29.6 Å². The first-order chi connectivity index (χ1) is 10.1. The van der Waals surface area contributed by atoms with Crippen LogP contribution in [0.2, 0.25) is 0 Å². The van der Waals surface area contributed by atoms with E-state index in [2.05, 4.69) is 10.6 Å². The van der Waals surface area contributed by atoms with Gasteiger partial charge in [-0.1, -0.05) is 12.8 Å². The summed E-state index contributed by atoms with van der Waals surface area (Å²) < 4.78 is 0. The Bertz CT molecular complexity index is 412. The van der Waals surface area contributed by atoms with Crippen molar-refractivity contribution in [3.8, 4) is 0 Å². The molecule has 0 aromatic carbocycles. The van der Waals surface area contributed by atoms with E-state index in [1.54, 1.807) is 0 Å². The fourth-order valence-corrected chi connectivity index (χ4v) is 4.74. The first-order valence-electron chi connectivity index (χ1n) is 8.38. The van der Waals surface area contributed by atoms with Crippen molar-refractivity contribution in [2.45, 2.75) is 44.9 Å². The van der Waals surface area contributed by atoms with Crippen LogP contribution in [0.3, 0.4) is 0 Å². The van der Waals surface area contributed by atoms with Crippen molar-refractivity contribution in [3.63, 3.8) is 0 Å². The summed E-state index contributed by atoms with van der Waals surface area (Å²) in [4.78, 5) is 23.0. The van der Waals surface area contributed by atoms with Gasteiger partial charge in [-0.3, -0.25) is 4.79 Å². The number of hydrogen-bond donors (Lipinski definition) is 3. The third-order valence-corrected chi connectivity index (χ3v) is 5.91. The molecule has 3 fully saturated rings. The number of rotatable bonds is 5. The van der Waals surface area contributed by atoms with Gasteiger partial charge in [-0.2, -0.15) is 0 Å². The van der Waals surface area contributed by atoms with E-state index < -0.39 is 5.97 Å². The molecule has 0 heterocycles. The molecule has 0 radical (unpaired) electrons. The number of fused-ring (bicyclic) bond motifs is 2. The van der Waals surface area contributed by atoms with E-state index in [-0.39, 0.29) is 17.9 Å². The van der Waals surface area contributed by atoms with Gasteiger partial charge in [-0.05, 0) is 55.8 Å². The Hall–Kier alpha value is -1.26. The summed E-state index contributed by atoms with van der Waals surface area (Å²) in [6.07, 6.45) is 7.95. The zero-order chi connectivity index (χ0) is 14.8. The summed E-state index contributed by atoms with van der Waals surface area (Å²) in [5.74, 6) is 1.47. The Kier molecular flexibility index (Phi) is 4.36. The SMILES string of the molecule is O=C(NCC1CC2CCC1C2)NCC1CCCC1C(=O)O. The highest BCUT2D eigenvalue weighted by molar-refractivity contribution is 5.74. The summed E-state index contributed by atoms with van der Waals surface area (Å²) in [6.45, 7) is 1.26. The Morgan fingerprint density at radius 3 is 2.33 bits per heavy atom. The predicted molar refractivity (Wildman–Crippen MR) is 78.8 cm³/mol. The molecule has 3 rings (SSSR count). The lowest BCUT2D eigenvalue weighted by Gasteiger charge is -2.22. The number of carbonyl (C=O) groups is 2. The summed E-state index contributed by atoms with van der Waals surface area (Å²) in [5.41, 5.74) is 0. The molecular formula is C16H26N2O3. The zero-order valence-electron chi connectivity index (χ0n) is 12.5. The molecule has 3 aliphatic rings. The van der Waals surface area contributed by atoms with Crippen LogP contribution in [0, 0.1) is 29.6 Å². The Labute approximate surface area is 125 Å². The van der Waals surface area contributed by atoms with Crippen LogP contribution in [-0.4, -0.2) is 30.2 Å². The van der Waals surface area contributed by atoms with Gasteiger partial charge in [0.05, 0.1) is 5.92 Å². The Morgan fingerprint density at radius 2 is 1.71 bits per heavy atom. The van der Waals surface area contributed by atoms with Gasteiger partial charge in [-0.25, -0.2) is 4.79 Å². The van der Waals surface area contributed by atoms with Crippen molar-refractivity contribution >= 4 is 12.0 Å². The second-order valence-corrected chi connectivity index (χ2v) is 7.16. The number of hydrogen-bond acceptors (Lipinski definition) is 2. The summed E-state index contributed by atoms with van der Waals surface area (Å²) in [7, 11) is 0. The third-order valence-electron chi connectivity index (χ3n) is 5.91. The topological polar surface area (TPSA) is 78.4 Å². The Balaban J connectivity index is 1.36. The summed E-state index contributed by atoms with van der Waals surface area (Å²) >= 11 is 0. The third kappa shape index (κ3) is 3.33. The van der Waals surface area contributed by atoms with Crippen LogP contribution < -0.4 is 10.6 Å². The van der Waals surface area contributed by atoms with Gasteiger partial charge < -0.3 is 15.7 Å². The number of aliphatic carboxylic acids is 1. The van der Waals surface area contributed by atoms with Crippen LogP contribution in [0.25, 0.3) is 0 Å². The number of carbonyl (C=O) groups excluding carboxylic acids is 1. The number of urea groups is 1. The zero-order valence-corrected chi connectivity index (χ0v) is 12.5. The first-order valence-corrected chi connectivity index (χ1v) is 8.38. The highest BCUT2D eigenvalue weighted by Gasteiger charge is 2.39. The highest BCUT2D eigenvalue weighted by atomic mass is 16.4. The molecule has 5 nitrogen and oxygen atoms in total. The maximum Gasteiger partial charge on any atom is 0.314 e. The molecule has 3 N–H and O–H groups in total. The molecule has 5 heteroatoms. The monoisotopic (exact) mass is 294 g/mol. The van der Waals surface area contributed by atoms with Crippen molar-refractivity contribution in [1.29, 1.82) is 0 Å². The fraction of sp³-hybridized carbons (Fsp3) is 0.875.